The van der Waals surface area contributed by atoms with Crippen molar-refractivity contribution >= 4 is 21.4 Å². The summed E-state index contributed by atoms with van der Waals surface area (Å²) in [5, 5.41) is 6.20. The number of thiophene rings is 1. The maximum Gasteiger partial charge on any atom is 0.244 e. The van der Waals surface area contributed by atoms with Crippen LogP contribution in [0.3, 0.4) is 0 Å². The minimum absolute atomic E-state index is 0.255. The van der Waals surface area contributed by atoms with Crippen molar-refractivity contribution in [2.45, 2.75) is 38.8 Å². The molecule has 2 heterocycles. The number of sulfonamides is 1. The van der Waals surface area contributed by atoms with Gasteiger partial charge in [0.25, 0.3) is 0 Å². The summed E-state index contributed by atoms with van der Waals surface area (Å²) in [7, 11) is -3.58. The van der Waals surface area contributed by atoms with Crippen LogP contribution in [0.15, 0.2) is 16.3 Å². The Kier molecular flexibility index (Phi) is 4.82. The second kappa shape index (κ2) is 6.27. The topological polar surface area (TPSA) is 90.0 Å². The number of nitrogens with two attached hydrogens (primary N) is 1. The fourth-order valence-electron chi connectivity index (χ4n) is 2.23. The number of hydrogen-bond donors (Lipinski definition) is 2. The molecule has 0 fully saturated rings. The van der Waals surface area contributed by atoms with Crippen LogP contribution in [0.4, 0.5) is 0 Å². The van der Waals surface area contributed by atoms with Gasteiger partial charge >= 0.3 is 0 Å². The molecule has 0 atom stereocenters. The molecule has 116 valence electrons. The van der Waals surface area contributed by atoms with E-state index in [0.29, 0.717) is 31.0 Å². The highest BCUT2D eigenvalue weighted by molar-refractivity contribution is 7.89. The summed E-state index contributed by atoms with van der Waals surface area (Å²) in [6, 6.07) is 1.98. The third-order valence-corrected chi connectivity index (χ3v) is 5.99. The number of rotatable bonds is 6. The number of nitrogens with one attached hydrogen (secondary N) is 1. The molecule has 21 heavy (non-hydrogen) atoms. The molecule has 0 aliphatic rings. The van der Waals surface area contributed by atoms with Crippen LogP contribution in [-0.2, 0) is 23.1 Å². The zero-order valence-electron chi connectivity index (χ0n) is 12.4. The van der Waals surface area contributed by atoms with Crippen LogP contribution in [0.5, 0.6) is 0 Å². The van der Waals surface area contributed by atoms with E-state index in [1.807, 2.05) is 18.4 Å². The number of aryl methyl sites for hydroxylation is 2. The fourth-order valence-corrected chi connectivity index (χ4v) is 4.57. The highest BCUT2D eigenvalue weighted by atomic mass is 32.2. The average Bonchev–Trinajstić information content (AvgIpc) is 2.92. The highest BCUT2D eigenvalue weighted by Gasteiger charge is 2.24. The van der Waals surface area contributed by atoms with Crippen molar-refractivity contribution < 1.29 is 8.42 Å². The molecule has 0 aliphatic heterocycles. The van der Waals surface area contributed by atoms with Gasteiger partial charge < -0.3 is 5.73 Å². The van der Waals surface area contributed by atoms with E-state index in [1.165, 1.54) is 0 Å². The molecule has 0 saturated carbocycles. The van der Waals surface area contributed by atoms with Crippen LogP contribution in [-0.4, -0.2) is 24.7 Å². The third kappa shape index (κ3) is 3.34. The Balaban J connectivity index is 2.25. The summed E-state index contributed by atoms with van der Waals surface area (Å²) in [4.78, 5) is 1.27. The quantitative estimate of drug-likeness (QED) is 0.836. The molecule has 6 nitrogen and oxygen atoms in total. The molecule has 0 aliphatic carbocycles. The van der Waals surface area contributed by atoms with Crippen LogP contribution in [0, 0.1) is 20.8 Å². The van der Waals surface area contributed by atoms with Gasteiger partial charge in [-0.25, -0.2) is 13.1 Å². The molecule has 0 amide bonds. The fraction of sp³-hybridized carbons (Fsp3) is 0.462. The van der Waals surface area contributed by atoms with Crippen LogP contribution < -0.4 is 10.5 Å². The first-order valence-electron chi connectivity index (χ1n) is 6.63. The van der Waals surface area contributed by atoms with Gasteiger partial charge in [0, 0.05) is 18.0 Å². The minimum atomic E-state index is -3.58. The lowest BCUT2D eigenvalue weighted by atomic mass is 10.3. The third-order valence-electron chi connectivity index (χ3n) is 3.32. The van der Waals surface area contributed by atoms with Crippen molar-refractivity contribution in [2.24, 2.45) is 5.73 Å². The molecule has 3 N–H and O–H groups in total. The lowest BCUT2D eigenvalue weighted by molar-refractivity contribution is 0.577. The second-order valence-corrected chi connectivity index (χ2v) is 7.57. The Hall–Kier alpha value is -1.22. The largest absolute Gasteiger partial charge is 0.329 e. The predicted molar refractivity (Wildman–Crippen MR) is 83.8 cm³/mol. The maximum absolute atomic E-state index is 12.5. The van der Waals surface area contributed by atoms with Gasteiger partial charge in [0.05, 0.1) is 17.9 Å². The van der Waals surface area contributed by atoms with E-state index in [9.17, 15) is 8.42 Å². The molecule has 0 bridgehead atoms. The molecule has 0 aromatic carbocycles. The van der Waals surface area contributed by atoms with Gasteiger partial charge in [0.2, 0.25) is 10.0 Å². The van der Waals surface area contributed by atoms with Crippen LogP contribution >= 0.6 is 11.3 Å². The van der Waals surface area contributed by atoms with Gasteiger partial charge in [0.15, 0.2) is 0 Å². The Morgan fingerprint density at radius 3 is 2.67 bits per heavy atom. The summed E-state index contributed by atoms with van der Waals surface area (Å²) < 4.78 is 29.3. The first-order valence-corrected chi connectivity index (χ1v) is 9.00. The smallest absolute Gasteiger partial charge is 0.244 e. The Morgan fingerprint density at radius 2 is 2.10 bits per heavy atom. The number of aromatic nitrogens is 2. The van der Waals surface area contributed by atoms with E-state index in [-0.39, 0.29) is 4.90 Å². The summed E-state index contributed by atoms with van der Waals surface area (Å²) in [6.07, 6.45) is 0. The van der Waals surface area contributed by atoms with Crippen molar-refractivity contribution in [3.8, 4) is 0 Å². The second-order valence-electron chi connectivity index (χ2n) is 4.86. The van der Waals surface area contributed by atoms with Crippen molar-refractivity contribution in [1.29, 1.82) is 0 Å². The standard InChI is InChI=1S/C13H20N4O2S2/c1-9-4-7-20-12(9)8-15-21(18,19)13-10(2)16-17(6-5-14)11(13)3/h4,7,15H,5-6,8,14H2,1-3H3. The first kappa shape index (κ1) is 16.2. The van der Waals surface area contributed by atoms with Gasteiger partial charge in [0.1, 0.15) is 4.90 Å². The predicted octanol–water partition coefficient (Wildman–Crippen LogP) is 1.31. The molecule has 2 aromatic rings. The lowest BCUT2D eigenvalue weighted by Crippen LogP contribution is -2.24. The van der Waals surface area contributed by atoms with Gasteiger partial charge in [-0.3, -0.25) is 4.68 Å². The Morgan fingerprint density at radius 1 is 1.38 bits per heavy atom. The molecule has 0 radical (unpaired) electrons. The molecular weight excluding hydrogens is 308 g/mol. The first-order chi connectivity index (χ1) is 9.86. The summed E-state index contributed by atoms with van der Waals surface area (Å²) >= 11 is 1.54. The lowest BCUT2D eigenvalue weighted by Gasteiger charge is -2.07. The van der Waals surface area contributed by atoms with Gasteiger partial charge in [-0.05, 0) is 37.8 Å². The van der Waals surface area contributed by atoms with Gasteiger partial charge in [-0.1, -0.05) is 0 Å². The van der Waals surface area contributed by atoms with E-state index < -0.39 is 10.0 Å². The Labute approximate surface area is 129 Å². The van der Waals surface area contributed by atoms with E-state index in [2.05, 4.69) is 9.82 Å². The van der Waals surface area contributed by atoms with Gasteiger partial charge in [-0.2, -0.15) is 5.10 Å². The maximum atomic E-state index is 12.5. The van der Waals surface area contributed by atoms with Crippen LogP contribution in [0.1, 0.15) is 21.8 Å². The van der Waals surface area contributed by atoms with Crippen molar-refractivity contribution in [3.63, 3.8) is 0 Å². The molecule has 2 rings (SSSR count). The average molecular weight is 328 g/mol. The zero-order valence-corrected chi connectivity index (χ0v) is 14.0. The van der Waals surface area contributed by atoms with E-state index in [4.69, 9.17) is 5.73 Å². The van der Waals surface area contributed by atoms with E-state index in [1.54, 1.807) is 29.9 Å². The Bertz CT molecular complexity index is 731. The molecule has 2 aromatic heterocycles. The summed E-state index contributed by atoms with van der Waals surface area (Å²) in [5.74, 6) is 0. The molecule has 0 unspecified atom stereocenters. The molecule has 0 saturated heterocycles. The monoisotopic (exact) mass is 328 g/mol. The number of hydrogen-bond acceptors (Lipinski definition) is 5. The van der Waals surface area contributed by atoms with Crippen molar-refractivity contribution in [3.05, 3.63) is 33.3 Å². The summed E-state index contributed by atoms with van der Waals surface area (Å²) in [6.45, 7) is 6.64. The molecular formula is C13H20N4O2S2. The van der Waals surface area contributed by atoms with Crippen LogP contribution in [0.25, 0.3) is 0 Å². The summed E-state index contributed by atoms with van der Waals surface area (Å²) in [5.41, 5.74) is 7.72. The SMILES string of the molecule is Cc1ccsc1CNS(=O)(=O)c1c(C)nn(CCN)c1C. The molecule has 8 heteroatoms. The van der Waals surface area contributed by atoms with Crippen LogP contribution in [0.2, 0.25) is 0 Å². The number of nitrogens with zero attached hydrogens (tertiary/aromatic N) is 2. The van der Waals surface area contributed by atoms with Crippen molar-refractivity contribution in [2.75, 3.05) is 6.54 Å². The van der Waals surface area contributed by atoms with Crippen molar-refractivity contribution in [1.82, 2.24) is 14.5 Å². The van der Waals surface area contributed by atoms with E-state index >= 15 is 0 Å². The highest BCUT2D eigenvalue weighted by Crippen LogP contribution is 2.21. The normalized spacial score (nSPS) is 12.0. The van der Waals surface area contributed by atoms with E-state index in [0.717, 1.165) is 10.4 Å². The van der Waals surface area contributed by atoms with Gasteiger partial charge in [-0.15, -0.1) is 11.3 Å². The molecule has 0 spiro atoms. The minimum Gasteiger partial charge on any atom is -0.329 e. The zero-order chi connectivity index (χ0) is 15.6.